The lowest BCUT2D eigenvalue weighted by atomic mass is 9.84. The molecule has 1 atom stereocenters. The van der Waals surface area contributed by atoms with Crippen LogP contribution in [-0.4, -0.2) is 41.4 Å². The fourth-order valence-corrected chi connectivity index (χ4v) is 3.22. The van der Waals surface area contributed by atoms with Crippen molar-refractivity contribution in [3.63, 3.8) is 0 Å². The Hall–Kier alpha value is -4.50. The van der Waals surface area contributed by atoms with E-state index in [1.807, 2.05) is 6.07 Å². The van der Waals surface area contributed by atoms with E-state index in [4.69, 9.17) is 10.00 Å². The summed E-state index contributed by atoms with van der Waals surface area (Å²) in [5, 5.41) is 26.5. The number of aliphatic hydroxyl groups is 1. The number of hydrogen-bond acceptors (Lipinski definition) is 6. The van der Waals surface area contributed by atoms with E-state index < -0.39 is 41.0 Å². The summed E-state index contributed by atoms with van der Waals surface area (Å²) in [4.78, 5) is 15.1. The van der Waals surface area contributed by atoms with Gasteiger partial charge >= 0.3 is 5.92 Å². The van der Waals surface area contributed by atoms with Gasteiger partial charge in [0.05, 0.1) is 24.4 Å². The molecule has 0 saturated carbocycles. The van der Waals surface area contributed by atoms with Crippen LogP contribution in [0.3, 0.4) is 0 Å². The number of carbonyl (C=O) groups is 1. The van der Waals surface area contributed by atoms with Crippen LogP contribution in [0, 0.1) is 23.0 Å². The number of nitriles is 1. The fraction of sp³-hybridized carbons (Fsp3) is 0.167. The third-order valence-electron chi connectivity index (χ3n) is 5.02. The normalized spacial score (nSPS) is 13.0. The average Bonchev–Trinajstić information content (AvgIpc) is 2.87. The third kappa shape index (κ3) is 5.42. The number of nitrogens with zero attached hydrogens (tertiary/aromatic N) is 4. The van der Waals surface area contributed by atoms with E-state index in [-0.39, 0.29) is 12.2 Å². The quantitative estimate of drug-likeness (QED) is 0.144. The Kier molecular flexibility index (Phi) is 7.86. The summed E-state index contributed by atoms with van der Waals surface area (Å²) >= 11 is 0. The number of aromatic nitrogens is 1. The van der Waals surface area contributed by atoms with Gasteiger partial charge in [0.2, 0.25) is 6.41 Å². The third-order valence-corrected chi connectivity index (χ3v) is 5.02. The molecule has 0 aliphatic rings. The molecular formula is C24H19F4N5O3. The Morgan fingerprint density at radius 1 is 1.17 bits per heavy atom. The van der Waals surface area contributed by atoms with Crippen molar-refractivity contribution in [1.29, 1.82) is 5.26 Å². The van der Waals surface area contributed by atoms with Gasteiger partial charge in [-0.25, -0.2) is 13.8 Å². The smallest absolute Gasteiger partial charge is 0.323 e. The first-order valence-electron chi connectivity index (χ1n) is 10.3. The Morgan fingerprint density at radius 2 is 1.86 bits per heavy atom. The van der Waals surface area contributed by atoms with E-state index in [0.717, 1.165) is 24.7 Å². The number of nitrogens with one attached hydrogen (secondary N) is 1. The van der Waals surface area contributed by atoms with Crippen molar-refractivity contribution in [3.8, 4) is 17.6 Å². The highest BCUT2D eigenvalue weighted by atomic mass is 19.3. The summed E-state index contributed by atoms with van der Waals surface area (Å²) < 4.78 is 65.1. The van der Waals surface area contributed by atoms with Crippen molar-refractivity contribution in [2.24, 2.45) is 5.10 Å². The first-order valence-corrected chi connectivity index (χ1v) is 10.3. The summed E-state index contributed by atoms with van der Waals surface area (Å²) in [5.74, 6) is -6.44. The zero-order valence-corrected chi connectivity index (χ0v) is 18.7. The molecule has 0 aliphatic heterocycles. The number of benzene rings is 2. The SMILES string of the molecule is CN/C=N\N(C=O)CC(O)(c1ccc(F)cc1F)C(F)(F)c1ccc(Oc2ccc(C#N)cc2)cn1. The van der Waals surface area contributed by atoms with Crippen molar-refractivity contribution >= 4 is 12.7 Å². The maximum Gasteiger partial charge on any atom is 0.323 e. The van der Waals surface area contributed by atoms with Crippen LogP contribution in [0.2, 0.25) is 0 Å². The van der Waals surface area contributed by atoms with E-state index in [1.165, 1.54) is 31.3 Å². The van der Waals surface area contributed by atoms with Gasteiger partial charge in [-0.05, 0) is 48.5 Å². The molecule has 0 radical (unpaired) electrons. The van der Waals surface area contributed by atoms with Crippen molar-refractivity contribution in [2.75, 3.05) is 13.6 Å². The largest absolute Gasteiger partial charge is 0.456 e. The van der Waals surface area contributed by atoms with Gasteiger partial charge < -0.3 is 15.2 Å². The molecular weight excluding hydrogens is 482 g/mol. The molecule has 0 bridgehead atoms. The highest BCUT2D eigenvalue weighted by Crippen LogP contribution is 2.46. The number of carbonyl (C=O) groups excluding carboxylic acids is 1. The van der Waals surface area contributed by atoms with Crippen LogP contribution >= 0.6 is 0 Å². The number of pyridine rings is 1. The lowest BCUT2D eigenvalue weighted by Gasteiger charge is -2.37. The first-order chi connectivity index (χ1) is 17.1. The topological polar surface area (TPSA) is 111 Å². The standard InChI is InChI=1S/C24H19F4N5O3/c1-30-14-32-33(15-34)13-23(35,20-8-4-17(25)10-21(20)26)24(27,28)22-9-7-19(12-31-22)36-18-5-2-16(11-29)3-6-18/h2-10,12,14-15,35H,13H2,1H3,(H,30,32). The number of hydrazone groups is 1. The Labute approximate surface area is 203 Å². The molecule has 36 heavy (non-hydrogen) atoms. The minimum Gasteiger partial charge on any atom is -0.456 e. The fourth-order valence-electron chi connectivity index (χ4n) is 3.22. The van der Waals surface area contributed by atoms with Crippen LogP contribution in [0.1, 0.15) is 16.8 Å². The van der Waals surface area contributed by atoms with Gasteiger partial charge in [-0.3, -0.25) is 9.78 Å². The molecule has 2 aromatic carbocycles. The number of rotatable bonds is 10. The lowest BCUT2D eigenvalue weighted by Crippen LogP contribution is -2.51. The number of amides is 1. The molecule has 0 fully saturated rings. The summed E-state index contributed by atoms with van der Waals surface area (Å²) in [7, 11) is 1.43. The molecule has 0 aliphatic carbocycles. The lowest BCUT2D eigenvalue weighted by molar-refractivity contribution is -0.207. The predicted octanol–water partition coefficient (Wildman–Crippen LogP) is 3.62. The van der Waals surface area contributed by atoms with Crippen LogP contribution < -0.4 is 10.1 Å². The zero-order chi connectivity index (χ0) is 26.3. The van der Waals surface area contributed by atoms with E-state index in [1.54, 1.807) is 0 Å². The molecule has 1 amide bonds. The highest BCUT2D eigenvalue weighted by Gasteiger charge is 2.58. The molecule has 1 heterocycles. The molecule has 0 saturated heterocycles. The highest BCUT2D eigenvalue weighted by molar-refractivity contribution is 5.57. The van der Waals surface area contributed by atoms with Crippen LogP contribution in [-0.2, 0) is 16.3 Å². The van der Waals surface area contributed by atoms with Crippen LogP contribution in [0.5, 0.6) is 11.5 Å². The van der Waals surface area contributed by atoms with Gasteiger partial charge in [0.1, 0.15) is 35.2 Å². The van der Waals surface area contributed by atoms with Crippen LogP contribution in [0.4, 0.5) is 17.6 Å². The number of hydrogen-bond donors (Lipinski definition) is 2. The summed E-state index contributed by atoms with van der Waals surface area (Å²) in [6, 6.07) is 11.6. The summed E-state index contributed by atoms with van der Waals surface area (Å²) in [5.41, 5.74) is -4.96. The van der Waals surface area contributed by atoms with Gasteiger partial charge in [0.25, 0.3) is 0 Å². The van der Waals surface area contributed by atoms with Gasteiger partial charge in [0, 0.05) is 18.7 Å². The molecule has 3 rings (SSSR count). The average molecular weight is 501 g/mol. The molecule has 186 valence electrons. The summed E-state index contributed by atoms with van der Waals surface area (Å²) in [6.07, 6.45) is 2.00. The number of halogens is 4. The Morgan fingerprint density at radius 3 is 2.42 bits per heavy atom. The van der Waals surface area contributed by atoms with Gasteiger partial charge in [-0.1, -0.05) is 0 Å². The van der Waals surface area contributed by atoms with Crippen LogP contribution in [0.25, 0.3) is 0 Å². The van der Waals surface area contributed by atoms with Crippen molar-refractivity contribution < 1.29 is 32.2 Å². The molecule has 8 nitrogen and oxygen atoms in total. The van der Waals surface area contributed by atoms with Crippen molar-refractivity contribution in [2.45, 2.75) is 11.5 Å². The van der Waals surface area contributed by atoms with Crippen LogP contribution in [0.15, 0.2) is 65.9 Å². The second kappa shape index (κ2) is 10.8. The van der Waals surface area contributed by atoms with Crippen molar-refractivity contribution in [1.82, 2.24) is 15.3 Å². The maximum atomic E-state index is 15.8. The summed E-state index contributed by atoms with van der Waals surface area (Å²) in [6.45, 7) is -1.20. The van der Waals surface area contributed by atoms with Gasteiger partial charge in [-0.2, -0.15) is 19.1 Å². The minimum atomic E-state index is -4.30. The van der Waals surface area contributed by atoms with E-state index in [2.05, 4.69) is 15.4 Å². The van der Waals surface area contributed by atoms with Crippen molar-refractivity contribution in [3.05, 3.63) is 89.2 Å². The maximum absolute atomic E-state index is 15.8. The zero-order valence-electron chi connectivity index (χ0n) is 18.7. The van der Waals surface area contributed by atoms with E-state index in [0.29, 0.717) is 34.5 Å². The predicted molar refractivity (Wildman–Crippen MR) is 120 cm³/mol. The molecule has 2 N–H and O–H groups in total. The number of alkyl halides is 2. The molecule has 0 spiro atoms. The molecule has 12 heteroatoms. The van der Waals surface area contributed by atoms with E-state index in [9.17, 15) is 18.7 Å². The minimum absolute atomic E-state index is 0.0538. The monoisotopic (exact) mass is 501 g/mol. The first kappa shape index (κ1) is 26.1. The Balaban J connectivity index is 1.99. The van der Waals surface area contributed by atoms with Gasteiger partial charge in [0.15, 0.2) is 5.60 Å². The number of ether oxygens (including phenoxy) is 1. The van der Waals surface area contributed by atoms with Gasteiger partial charge in [-0.15, -0.1) is 0 Å². The molecule has 1 aromatic heterocycles. The second-order valence-corrected chi connectivity index (χ2v) is 7.41. The van der Waals surface area contributed by atoms with E-state index >= 15 is 8.78 Å². The second-order valence-electron chi connectivity index (χ2n) is 7.41. The molecule has 1 unspecified atom stereocenters. The Bertz CT molecular complexity index is 1280. The molecule has 3 aromatic rings.